The number of nitrogens with one attached hydrogen (secondary N) is 1. The summed E-state index contributed by atoms with van der Waals surface area (Å²) in [4.78, 5) is 14.7. The van der Waals surface area contributed by atoms with Crippen LogP contribution < -0.4 is 10.1 Å². The predicted molar refractivity (Wildman–Crippen MR) is 139 cm³/mol. The van der Waals surface area contributed by atoms with Crippen molar-refractivity contribution in [3.63, 3.8) is 0 Å². The highest BCUT2D eigenvalue weighted by atomic mass is 16.5. The maximum Gasteiger partial charge on any atom is 0.162 e. The summed E-state index contributed by atoms with van der Waals surface area (Å²) in [5, 5.41) is 4.53. The zero-order valence-electron chi connectivity index (χ0n) is 19.9. The molecule has 4 aromatic rings. The number of para-hydroxylation sites is 1. The third kappa shape index (κ3) is 5.03. The average molecular weight is 454 g/mol. The number of anilines is 2. The van der Waals surface area contributed by atoms with Crippen LogP contribution in [-0.2, 0) is 6.54 Å². The summed E-state index contributed by atoms with van der Waals surface area (Å²) in [6.07, 6.45) is 0. The van der Waals surface area contributed by atoms with E-state index in [4.69, 9.17) is 14.7 Å². The van der Waals surface area contributed by atoms with E-state index in [-0.39, 0.29) is 0 Å². The van der Waals surface area contributed by atoms with Crippen molar-refractivity contribution in [2.24, 2.45) is 0 Å². The summed E-state index contributed by atoms with van der Waals surface area (Å²) < 4.78 is 5.29. The SMILES string of the molecule is CCN1CCN(Cc2ccc(Nc3nc(-c4ccc(OC)cc4)nc4ccccc34)cc2)CC1. The quantitative estimate of drug-likeness (QED) is 0.416. The maximum absolute atomic E-state index is 5.29. The van der Waals surface area contributed by atoms with Crippen LogP contribution in [0.1, 0.15) is 12.5 Å². The Morgan fingerprint density at radius 1 is 0.824 bits per heavy atom. The molecule has 1 aliphatic heterocycles. The minimum absolute atomic E-state index is 0.687. The summed E-state index contributed by atoms with van der Waals surface area (Å²) in [6, 6.07) is 24.6. The predicted octanol–water partition coefficient (Wildman–Crippen LogP) is 5.19. The lowest BCUT2D eigenvalue weighted by Gasteiger charge is -2.34. The maximum atomic E-state index is 5.29. The van der Waals surface area contributed by atoms with Gasteiger partial charge >= 0.3 is 0 Å². The molecule has 1 aliphatic rings. The molecule has 3 aromatic carbocycles. The lowest BCUT2D eigenvalue weighted by molar-refractivity contribution is 0.132. The van der Waals surface area contributed by atoms with Crippen molar-refractivity contribution in [3.05, 3.63) is 78.4 Å². The fraction of sp³-hybridized carbons (Fsp3) is 0.286. The molecule has 6 heteroatoms. The molecule has 6 nitrogen and oxygen atoms in total. The summed E-state index contributed by atoms with van der Waals surface area (Å²) in [5.74, 6) is 2.31. The summed E-state index contributed by atoms with van der Waals surface area (Å²) in [7, 11) is 1.67. The molecule has 0 unspecified atom stereocenters. The Kier molecular flexibility index (Phi) is 6.70. The van der Waals surface area contributed by atoms with Crippen LogP contribution in [0.25, 0.3) is 22.3 Å². The monoisotopic (exact) mass is 453 g/mol. The van der Waals surface area contributed by atoms with Gasteiger partial charge in [-0.3, -0.25) is 4.90 Å². The standard InChI is InChI=1S/C28H31N5O/c1-3-32-16-18-33(19-17-32)20-21-8-12-23(13-9-21)29-28-25-6-4-5-7-26(25)30-27(31-28)22-10-14-24(34-2)15-11-22/h4-15H,3,16-20H2,1-2H3,(H,29,30,31). The molecule has 0 radical (unpaired) electrons. The molecule has 1 fully saturated rings. The fourth-order valence-corrected chi connectivity index (χ4v) is 4.39. The van der Waals surface area contributed by atoms with E-state index < -0.39 is 0 Å². The highest BCUT2D eigenvalue weighted by Crippen LogP contribution is 2.28. The van der Waals surface area contributed by atoms with Crippen molar-refractivity contribution in [2.45, 2.75) is 13.5 Å². The van der Waals surface area contributed by atoms with Crippen LogP contribution in [0.3, 0.4) is 0 Å². The van der Waals surface area contributed by atoms with Crippen LogP contribution >= 0.6 is 0 Å². The topological polar surface area (TPSA) is 53.5 Å². The number of hydrogen-bond donors (Lipinski definition) is 1. The van der Waals surface area contributed by atoms with Crippen molar-refractivity contribution < 1.29 is 4.74 Å². The van der Waals surface area contributed by atoms with Gasteiger partial charge < -0.3 is 15.0 Å². The van der Waals surface area contributed by atoms with Crippen LogP contribution in [0.2, 0.25) is 0 Å². The van der Waals surface area contributed by atoms with Gasteiger partial charge in [0.1, 0.15) is 11.6 Å². The van der Waals surface area contributed by atoms with Crippen LogP contribution in [0.15, 0.2) is 72.8 Å². The molecule has 0 amide bonds. The molecule has 0 spiro atoms. The van der Waals surface area contributed by atoms with Crippen LogP contribution in [0.4, 0.5) is 11.5 Å². The summed E-state index contributed by atoms with van der Waals surface area (Å²) >= 11 is 0. The van der Waals surface area contributed by atoms with Crippen molar-refractivity contribution >= 4 is 22.4 Å². The van der Waals surface area contributed by atoms with Gasteiger partial charge in [-0.1, -0.05) is 31.2 Å². The van der Waals surface area contributed by atoms with Gasteiger partial charge in [-0.15, -0.1) is 0 Å². The smallest absolute Gasteiger partial charge is 0.162 e. The Morgan fingerprint density at radius 3 is 2.24 bits per heavy atom. The van der Waals surface area contributed by atoms with Gasteiger partial charge in [0.05, 0.1) is 12.6 Å². The molecule has 1 aromatic heterocycles. The van der Waals surface area contributed by atoms with Gasteiger partial charge in [0.2, 0.25) is 0 Å². The third-order valence-corrected chi connectivity index (χ3v) is 6.49. The first-order chi connectivity index (χ1) is 16.7. The molecule has 0 bridgehead atoms. The van der Waals surface area contributed by atoms with Gasteiger partial charge in [0.25, 0.3) is 0 Å². The van der Waals surface area contributed by atoms with Crippen molar-refractivity contribution in [1.29, 1.82) is 0 Å². The van der Waals surface area contributed by atoms with Crippen molar-refractivity contribution in [1.82, 2.24) is 19.8 Å². The highest BCUT2D eigenvalue weighted by molar-refractivity contribution is 5.92. The lowest BCUT2D eigenvalue weighted by atomic mass is 10.1. The first kappa shape index (κ1) is 22.3. The third-order valence-electron chi connectivity index (χ3n) is 6.49. The van der Waals surface area contributed by atoms with E-state index >= 15 is 0 Å². The minimum atomic E-state index is 0.687. The van der Waals surface area contributed by atoms with E-state index in [9.17, 15) is 0 Å². The number of methoxy groups -OCH3 is 1. The molecule has 1 N–H and O–H groups in total. The number of ether oxygens (including phenoxy) is 1. The second kappa shape index (κ2) is 10.2. The number of likely N-dealkylation sites (N-methyl/N-ethyl adjacent to an activating group) is 1. The molecule has 0 atom stereocenters. The number of benzene rings is 3. The Balaban J connectivity index is 1.35. The van der Waals surface area contributed by atoms with Gasteiger partial charge in [-0.25, -0.2) is 9.97 Å². The Morgan fingerprint density at radius 2 is 1.53 bits per heavy atom. The average Bonchev–Trinajstić information content (AvgIpc) is 2.90. The van der Waals surface area contributed by atoms with E-state index in [0.717, 1.165) is 73.0 Å². The van der Waals surface area contributed by atoms with E-state index in [2.05, 4.69) is 52.4 Å². The number of nitrogens with zero attached hydrogens (tertiary/aromatic N) is 4. The summed E-state index contributed by atoms with van der Waals surface area (Å²) in [6.45, 7) is 8.97. The lowest BCUT2D eigenvalue weighted by Crippen LogP contribution is -2.45. The number of aromatic nitrogens is 2. The normalized spacial score (nSPS) is 14.9. The first-order valence-electron chi connectivity index (χ1n) is 11.9. The van der Waals surface area contributed by atoms with Gasteiger partial charge in [-0.05, 0) is 60.6 Å². The van der Waals surface area contributed by atoms with Crippen molar-refractivity contribution in [2.75, 3.05) is 45.2 Å². The molecular formula is C28H31N5O. The van der Waals surface area contributed by atoms with Gasteiger partial charge in [-0.2, -0.15) is 0 Å². The first-order valence-corrected chi connectivity index (χ1v) is 11.9. The second-order valence-corrected chi connectivity index (χ2v) is 8.67. The summed E-state index contributed by atoms with van der Waals surface area (Å²) in [5.41, 5.74) is 4.22. The largest absolute Gasteiger partial charge is 0.497 e. The van der Waals surface area contributed by atoms with Crippen LogP contribution in [-0.4, -0.2) is 59.6 Å². The van der Waals surface area contributed by atoms with E-state index in [0.29, 0.717) is 5.82 Å². The molecule has 2 heterocycles. The van der Waals surface area contributed by atoms with Gasteiger partial charge in [0.15, 0.2) is 5.82 Å². The minimum Gasteiger partial charge on any atom is -0.497 e. The second-order valence-electron chi connectivity index (χ2n) is 8.67. The molecule has 34 heavy (non-hydrogen) atoms. The van der Waals surface area contributed by atoms with Gasteiger partial charge in [0, 0.05) is 49.4 Å². The Labute approximate surface area is 201 Å². The number of piperazine rings is 1. The zero-order valence-corrected chi connectivity index (χ0v) is 19.9. The number of fused-ring (bicyclic) bond motifs is 1. The number of rotatable bonds is 7. The highest BCUT2D eigenvalue weighted by Gasteiger charge is 2.15. The molecule has 0 aliphatic carbocycles. The Bertz CT molecular complexity index is 1230. The van der Waals surface area contributed by atoms with Crippen molar-refractivity contribution in [3.8, 4) is 17.1 Å². The Hall–Kier alpha value is -3.48. The zero-order chi connectivity index (χ0) is 23.3. The molecule has 174 valence electrons. The molecule has 0 saturated carbocycles. The van der Waals surface area contributed by atoms with E-state index in [1.54, 1.807) is 7.11 Å². The fourth-order valence-electron chi connectivity index (χ4n) is 4.39. The molecule has 1 saturated heterocycles. The van der Waals surface area contributed by atoms with Crippen LogP contribution in [0.5, 0.6) is 5.75 Å². The molecule has 5 rings (SSSR count). The van der Waals surface area contributed by atoms with Crippen LogP contribution in [0, 0.1) is 0 Å². The van der Waals surface area contributed by atoms with E-state index in [1.165, 1.54) is 5.56 Å². The van der Waals surface area contributed by atoms with E-state index in [1.807, 2.05) is 42.5 Å². The molecular weight excluding hydrogens is 422 g/mol. The number of hydrogen-bond acceptors (Lipinski definition) is 6.